The first-order chi connectivity index (χ1) is 12.1. The number of nitrogen functional groups attached to an aromatic ring is 1. The second-order valence-corrected chi connectivity index (χ2v) is 9.22. The Kier molecular flexibility index (Phi) is 4.39. The predicted molar refractivity (Wildman–Crippen MR) is 99.9 cm³/mol. The molecule has 0 radical (unpaired) electrons. The molecule has 0 aliphatic rings. The summed E-state index contributed by atoms with van der Waals surface area (Å²) in [6, 6.07) is 8.13. The van der Waals surface area contributed by atoms with Crippen molar-refractivity contribution in [2.75, 3.05) is 12.3 Å². The van der Waals surface area contributed by atoms with E-state index in [4.69, 9.17) is 10.5 Å². The number of aromatic nitrogens is 3. The third kappa shape index (κ3) is 3.37. The summed E-state index contributed by atoms with van der Waals surface area (Å²) in [6.45, 7) is 8.20. The molecular weight excluding hydrogens is 352 g/mol. The van der Waals surface area contributed by atoms with Crippen LogP contribution in [0.2, 0.25) is 0 Å². The molecule has 0 saturated heterocycles. The Morgan fingerprint density at radius 3 is 2.42 bits per heavy atom. The van der Waals surface area contributed by atoms with Crippen molar-refractivity contribution >= 4 is 26.7 Å². The highest BCUT2D eigenvalue weighted by molar-refractivity contribution is 7.92. The predicted octanol–water partition coefficient (Wildman–Crippen LogP) is 3.11. The third-order valence-corrected chi connectivity index (χ3v) is 5.51. The number of sulfone groups is 1. The highest BCUT2D eigenvalue weighted by Gasteiger charge is 2.28. The summed E-state index contributed by atoms with van der Waals surface area (Å²) in [5.74, 6) is 0.720. The van der Waals surface area contributed by atoms with Gasteiger partial charge in [-0.25, -0.2) is 13.4 Å². The van der Waals surface area contributed by atoms with E-state index in [2.05, 4.69) is 15.0 Å². The zero-order valence-electron chi connectivity index (χ0n) is 15.2. The number of benzene rings is 1. The van der Waals surface area contributed by atoms with Crippen LogP contribution in [0.4, 0.5) is 5.82 Å². The van der Waals surface area contributed by atoms with Crippen LogP contribution in [0.15, 0.2) is 40.1 Å². The van der Waals surface area contributed by atoms with Gasteiger partial charge in [0.15, 0.2) is 0 Å². The van der Waals surface area contributed by atoms with E-state index in [9.17, 15) is 8.42 Å². The fourth-order valence-corrected chi connectivity index (χ4v) is 4.02. The largest absolute Gasteiger partial charge is 0.476 e. The van der Waals surface area contributed by atoms with Gasteiger partial charge in [0.05, 0.1) is 11.5 Å². The second kappa shape index (κ2) is 6.28. The van der Waals surface area contributed by atoms with Gasteiger partial charge in [-0.3, -0.25) is 0 Å². The molecule has 0 fully saturated rings. The van der Waals surface area contributed by atoms with E-state index in [0.717, 1.165) is 0 Å². The van der Waals surface area contributed by atoms with Crippen LogP contribution in [-0.2, 0) is 9.84 Å². The van der Waals surface area contributed by atoms with Gasteiger partial charge >= 0.3 is 0 Å². The number of nitrogens with one attached hydrogen (secondary N) is 1. The molecule has 138 valence electrons. The van der Waals surface area contributed by atoms with Crippen molar-refractivity contribution in [1.29, 1.82) is 0 Å². The molecule has 7 nitrogen and oxygen atoms in total. The Morgan fingerprint density at radius 1 is 1.15 bits per heavy atom. The monoisotopic (exact) mass is 374 g/mol. The second-order valence-electron chi connectivity index (χ2n) is 7.33. The standard InChI is InChI=1S/C18H22N4O3S/c1-11-20-13-14(17(21-11)25-10-18(2,3)4)22-16(19)15(13)26(23,24)12-8-6-5-7-9-12/h5-9,22H,10,19H2,1-4H3. The van der Waals surface area contributed by atoms with Crippen molar-refractivity contribution in [2.45, 2.75) is 37.5 Å². The van der Waals surface area contributed by atoms with Crippen LogP contribution in [0, 0.1) is 12.3 Å². The van der Waals surface area contributed by atoms with Crippen molar-refractivity contribution in [3.63, 3.8) is 0 Å². The molecule has 1 aromatic carbocycles. The molecule has 0 amide bonds. The molecule has 0 saturated carbocycles. The lowest BCUT2D eigenvalue weighted by Crippen LogP contribution is -2.17. The summed E-state index contributed by atoms with van der Waals surface area (Å²) < 4.78 is 32.0. The molecule has 3 aromatic rings. The van der Waals surface area contributed by atoms with Crippen LogP contribution in [0.25, 0.3) is 11.0 Å². The molecule has 0 bridgehead atoms. The Bertz CT molecular complexity index is 1050. The average Bonchev–Trinajstić information content (AvgIpc) is 2.89. The van der Waals surface area contributed by atoms with Gasteiger partial charge in [-0.2, -0.15) is 4.98 Å². The minimum atomic E-state index is -3.83. The number of aryl methyl sites for hydroxylation is 1. The number of hydrogen-bond donors (Lipinski definition) is 2. The Hall–Kier alpha value is -2.61. The smallest absolute Gasteiger partial charge is 0.241 e. The molecule has 0 aliphatic carbocycles. The van der Waals surface area contributed by atoms with Crippen LogP contribution < -0.4 is 10.5 Å². The van der Waals surface area contributed by atoms with Crippen molar-refractivity contribution in [3.8, 4) is 5.88 Å². The summed E-state index contributed by atoms with van der Waals surface area (Å²) in [4.78, 5) is 11.6. The summed E-state index contributed by atoms with van der Waals surface area (Å²) in [5, 5.41) is 0. The Labute approximate surface area is 152 Å². The highest BCUT2D eigenvalue weighted by Crippen LogP contribution is 2.35. The van der Waals surface area contributed by atoms with E-state index >= 15 is 0 Å². The molecule has 0 spiro atoms. The molecule has 2 heterocycles. The average molecular weight is 374 g/mol. The molecule has 3 rings (SSSR count). The third-order valence-electron chi connectivity index (χ3n) is 3.67. The number of ether oxygens (including phenoxy) is 1. The van der Waals surface area contributed by atoms with Crippen LogP contribution in [0.3, 0.4) is 0 Å². The molecule has 26 heavy (non-hydrogen) atoms. The maximum absolute atomic E-state index is 13.1. The number of nitrogens with two attached hydrogens (primary N) is 1. The maximum Gasteiger partial charge on any atom is 0.241 e. The molecule has 0 aliphatic heterocycles. The Morgan fingerprint density at radius 2 is 1.81 bits per heavy atom. The van der Waals surface area contributed by atoms with Gasteiger partial charge in [0.1, 0.15) is 27.6 Å². The van der Waals surface area contributed by atoms with Gasteiger partial charge < -0.3 is 15.5 Å². The van der Waals surface area contributed by atoms with Crippen LogP contribution in [0.1, 0.15) is 26.6 Å². The lowest BCUT2D eigenvalue weighted by molar-refractivity contribution is 0.193. The lowest BCUT2D eigenvalue weighted by Gasteiger charge is -2.18. The first-order valence-corrected chi connectivity index (χ1v) is 9.66. The number of aromatic amines is 1. The number of hydrogen-bond acceptors (Lipinski definition) is 6. The molecular formula is C18H22N4O3S. The summed E-state index contributed by atoms with van der Waals surface area (Å²) >= 11 is 0. The minimum absolute atomic E-state index is 0.0179. The van der Waals surface area contributed by atoms with Crippen LogP contribution >= 0.6 is 0 Å². The van der Waals surface area contributed by atoms with E-state index in [1.807, 2.05) is 20.8 Å². The van der Waals surface area contributed by atoms with Gasteiger partial charge in [-0.1, -0.05) is 39.0 Å². The topological polar surface area (TPSA) is 111 Å². The van der Waals surface area contributed by atoms with E-state index in [1.54, 1.807) is 25.1 Å². The van der Waals surface area contributed by atoms with Crippen molar-refractivity contribution in [2.24, 2.45) is 5.41 Å². The van der Waals surface area contributed by atoms with Gasteiger partial charge in [-0.05, 0) is 24.5 Å². The fraction of sp³-hybridized carbons (Fsp3) is 0.333. The van der Waals surface area contributed by atoms with Gasteiger partial charge in [0.2, 0.25) is 15.7 Å². The molecule has 0 unspecified atom stereocenters. The normalized spacial score (nSPS) is 12.5. The summed E-state index contributed by atoms with van der Waals surface area (Å²) in [7, 11) is -3.83. The number of nitrogens with zero attached hydrogens (tertiary/aromatic N) is 2. The van der Waals surface area contributed by atoms with Gasteiger partial charge in [0.25, 0.3) is 0 Å². The van der Waals surface area contributed by atoms with Crippen molar-refractivity contribution in [1.82, 2.24) is 15.0 Å². The van der Waals surface area contributed by atoms with Crippen molar-refractivity contribution < 1.29 is 13.2 Å². The number of rotatable bonds is 4. The number of fused-ring (bicyclic) bond motifs is 1. The Balaban J connectivity index is 2.20. The first kappa shape index (κ1) is 18.2. The molecule has 2 aromatic heterocycles. The molecule has 3 N–H and O–H groups in total. The number of H-pyrrole nitrogens is 1. The minimum Gasteiger partial charge on any atom is -0.476 e. The molecule has 8 heteroatoms. The van der Waals surface area contributed by atoms with Crippen molar-refractivity contribution in [3.05, 3.63) is 36.2 Å². The van der Waals surface area contributed by atoms with Crippen LogP contribution in [0.5, 0.6) is 5.88 Å². The summed E-state index contributed by atoms with van der Waals surface area (Å²) in [5.41, 5.74) is 6.56. The lowest BCUT2D eigenvalue weighted by atomic mass is 9.99. The van der Waals surface area contributed by atoms with E-state index < -0.39 is 9.84 Å². The van der Waals surface area contributed by atoms with E-state index in [-0.39, 0.29) is 26.5 Å². The zero-order chi connectivity index (χ0) is 19.1. The molecule has 0 atom stereocenters. The quantitative estimate of drug-likeness (QED) is 0.726. The first-order valence-electron chi connectivity index (χ1n) is 8.18. The van der Waals surface area contributed by atoms with E-state index in [1.165, 1.54) is 12.1 Å². The fourth-order valence-electron chi connectivity index (χ4n) is 2.52. The SMILES string of the molecule is Cc1nc(OCC(C)(C)C)c2[nH]c(N)c(S(=O)(=O)c3ccccc3)c2n1. The van der Waals surface area contributed by atoms with Gasteiger partial charge in [-0.15, -0.1) is 0 Å². The summed E-state index contributed by atoms with van der Waals surface area (Å²) in [6.07, 6.45) is 0. The zero-order valence-corrected chi connectivity index (χ0v) is 16.0. The van der Waals surface area contributed by atoms with Crippen LogP contribution in [-0.4, -0.2) is 30.0 Å². The number of anilines is 1. The highest BCUT2D eigenvalue weighted by atomic mass is 32.2. The van der Waals surface area contributed by atoms with E-state index in [0.29, 0.717) is 23.8 Å². The maximum atomic E-state index is 13.1. The van der Waals surface area contributed by atoms with Gasteiger partial charge in [0, 0.05) is 0 Å².